The number of methoxy groups -OCH3 is 1. The molecule has 1 fully saturated rings. The average Bonchev–Trinajstić information content (AvgIpc) is 3.44. The van der Waals surface area contributed by atoms with E-state index in [2.05, 4.69) is 11.4 Å². The van der Waals surface area contributed by atoms with Gasteiger partial charge in [-0.25, -0.2) is 4.79 Å². The minimum Gasteiger partial charge on any atom is -0.496 e. The number of non-ortho nitro benzene ring substituents is 1. The van der Waals surface area contributed by atoms with Crippen molar-refractivity contribution in [1.29, 1.82) is 0 Å². The molecule has 0 unspecified atom stereocenters. The van der Waals surface area contributed by atoms with Gasteiger partial charge in [0.25, 0.3) is 11.6 Å². The van der Waals surface area contributed by atoms with E-state index in [1.165, 1.54) is 36.3 Å². The van der Waals surface area contributed by atoms with Gasteiger partial charge in [0.15, 0.2) is 0 Å². The Morgan fingerprint density at radius 3 is 2.44 bits per heavy atom. The number of benzene rings is 2. The van der Waals surface area contributed by atoms with Crippen molar-refractivity contribution < 1.29 is 28.7 Å². The third-order valence-corrected chi connectivity index (χ3v) is 7.50. The summed E-state index contributed by atoms with van der Waals surface area (Å²) in [6, 6.07) is 16.4. The van der Waals surface area contributed by atoms with Crippen LogP contribution in [0.25, 0.3) is 0 Å². The maximum Gasteiger partial charge on any atom is 0.514 e. The molecule has 0 radical (unpaired) electrons. The molecule has 1 heterocycles. The van der Waals surface area contributed by atoms with Crippen LogP contribution in [-0.2, 0) is 10.2 Å². The van der Waals surface area contributed by atoms with Gasteiger partial charge >= 0.3 is 6.16 Å². The second-order valence-corrected chi connectivity index (χ2v) is 9.51. The molecule has 2 aromatic carbocycles. The lowest BCUT2D eigenvalue weighted by Gasteiger charge is -2.39. The first-order valence-electron chi connectivity index (χ1n) is 11.5. The van der Waals surface area contributed by atoms with Crippen molar-refractivity contribution in [3.63, 3.8) is 0 Å². The monoisotopic (exact) mass is 510 g/mol. The van der Waals surface area contributed by atoms with Crippen LogP contribution in [0.15, 0.2) is 66.0 Å². The van der Waals surface area contributed by atoms with Gasteiger partial charge in [-0.2, -0.15) is 0 Å². The Kier molecular flexibility index (Phi) is 7.84. The molecule has 36 heavy (non-hydrogen) atoms. The summed E-state index contributed by atoms with van der Waals surface area (Å²) in [7, 11) is 1.53. The van der Waals surface area contributed by atoms with E-state index in [0.29, 0.717) is 30.7 Å². The first kappa shape index (κ1) is 25.2. The Labute approximate surface area is 212 Å². The summed E-state index contributed by atoms with van der Waals surface area (Å²) in [5.74, 6) is 0.491. The van der Waals surface area contributed by atoms with Gasteiger partial charge in [0.1, 0.15) is 17.6 Å². The van der Waals surface area contributed by atoms with Crippen LogP contribution in [0.2, 0.25) is 0 Å². The van der Waals surface area contributed by atoms with Gasteiger partial charge in [-0.1, -0.05) is 18.2 Å². The zero-order valence-electron chi connectivity index (χ0n) is 19.7. The van der Waals surface area contributed by atoms with Crippen LogP contribution >= 0.6 is 11.3 Å². The molecule has 3 aromatic rings. The topological polar surface area (TPSA) is 117 Å². The van der Waals surface area contributed by atoms with Crippen molar-refractivity contribution in [2.45, 2.75) is 37.2 Å². The van der Waals surface area contributed by atoms with Crippen LogP contribution in [-0.4, -0.2) is 36.7 Å². The largest absolute Gasteiger partial charge is 0.514 e. The highest BCUT2D eigenvalue weighted by Crippen LogP contribution is 2.42. The zero-order chi connectivity index (χ0) is 25.5. The van der Waals surface area contributed by atoms with Crippen molar-refractivity contribution in [3.8, 4) is 11.5 Å². The summed E-state index contributed by atoms with van der Waals surface area (Å²) in [5, 5.41) is 15.9. The summed E-state index contributed by atoms with van der Waals surface area (Å²) < 4.78 is 16.0. The van der Waals surface area contributed by atoms with Gasteiger partial charge in [0, 0.05) is 29.0 Å². The predicted octanol–water partition coefficient (Wildman–Crippen LogP) is 5.49. The number of carbonyl (C=O) groups excluding carboxylic acids is 2. The number of para-hydroxylation sites is 1. The Balaban J connectivity index is 1.36. The lowest BCUT2D eigenvalue weighted by molar-refractivity contribution is -0.384. The quantitative estimate of drug-likeness (QED) is 0.184. The third-order valence-electron chi connectivity index (χ3n) is 6.38. The van der Waals surface area contributed by atoms with Crippen LogP contribution < -0.4 is 14.8 Å². The molecule has 0 saturated heterocycles. The Bertz CT molecular complexity index is 1200. The summed E-state index contributed by atoms with van der Waals surface area (Å²) in [5.41, 5.74) is 0.117. The molecular weight excluding hydrogens is 484 g/mol. The van der Waals surface area contributed by atoms with E-state index in [1.807, 2.05) is 17.5 Å². The van der Waals surface area contributed by atoms with Gasteiger partial charge in [-0.3, -0.25) is 14.9 Å². The van der Waals surface area contributed by atoms with Gasteiger partial charge in [-0.05, 0) is 61.4 Å². The van der Waals surface area contributed by atoms with Gasteiger partial charge in [-0.15, -0.1) is 11.3 Å². The molecule has 0 atom stereocenters. The number of carbonyl (C=O) groups is 2. The molecule has 9 nitrogen and oxygen atoms in total. The minimum atomic E-state index is -0.845. The van der Waals surface area contributed by atoms with Gasteiger partial charge < -0.3 is 19.5 Å². The molecule has 10 heteroatoms. The van der Waals surface area contributed by atoms with E-state index in [9.17, 15) is 19.7 Å². The second kappa shape index (κ2) is 11.2. The highest BCUT2D eigenvalue weighted by Gasteiger charge is 2.39. The normalized spacial score (nSPS) is 19.2. The molecule has 188 valence electrons. The van der Waals surface area contributed by atoms with E-state index in [1.54, 1.807) is 29.5 Å². The molecule has 4 rings (SSSR count). The number of nitrogens with zero attached hydrogens (tertiary/aromatic N) is 1. The van der Waals surface area contributed by atoms with Crippen LogP contribution in [0.5, 0.6) is 11.5 Å². The molecule has 1 N–H and O–H groups in total. The number of ether oxygens (including phenoxy) is 3. The number of amides is 1. The zero-order valence-corrected chi connectivity index (χ0v) is 20.5. The maximum absolute atomic E-state index is 12.9. The molecular formula is C26H26N2O7S. The molecule has 1 amide bonds. The number of hydrogen-bond donors (Lipinski definition) is 1. The molecule has 0 bridgehead atoms. The SMILES string of the molecule is COc1ccccc1C(=O)NCC1(c2cccs2)CCC(OC(=O)Oc2ccc([N+](=O)[O-])cc2)CC1. The first-order chi connectivity index (χ1) is 17.4. The number of rotatable bonds is 8. The number of hydrogen-bond acceptors (Lipinski definition) is 8. The molecule has 1 aromatic heterocycles. The lowest BCUT2D eigenvalue weighted by atomic mass is 9.72. The molecule has 1 aliphatic rings. The third kappa shape index (κ3) is 5.83. The maximum atomic E-state index is 12.9. The average molecular weight is 511 g/mol. The van der Waals surface area contributed by atoms with Crippen molar-refractivity contribution in [2.75, 3.05) is 13.7 Å². The number of nitro groups is 1. The van der Waals surface area contributed by atoms with Crippen molar-refractivity contribution in [3.05, 3.63) is 86.6 Å². The van der Waals surface area contributed by atoms with E-state index in [-0.39, 0.29) is 28.9 Å². The second-order valence-electron chi connectivity index (χ2n) is 8.56. The number of nitro benzene ring substituents is 1. The highest BCUT2D eigenvalue weighted by molar-refractivity contribution is 7.10. The Morgan fingerprint density at radius 1 is 1.08 bits per heavy atom. The summed E-state index contributed by atoms with van der Waals surface area (Å²) >= 11 is 1.65. The number of thiophene rings is 1. The van der Waals surface area contributed by atoms with Crippen molar-refractivity contribution in [2.24, 2.45) is 0 Å². The fraction of sp³-hybridized carbons (Fsp3) is 0.308. The highest BCUT2D eigenvalue weighted by atomic mass is 32.1. The van der Waals surface area contributed by atoms with E-state index >= 15 is 0 Å². The van der Waals surface area contributed by atoms with Crippen LogP contribution in [0.1, 0.15) is 40.9 Å². The molecule has 1 saturated carbocycles. The molecule has 0 aliphatic heterocycles. The van der Waals surface area contributed by atoms with Crippen molar-refractivity contribution >= 4 is 29.1 Å². The first-order valence-corrected chi connectivity index (χ1v) is 12.4. The van der Waals surface area contributed by atoms with Crippen LogP contribution in [0, 0.1) is 10.1 Å². The van der Waals surface area contributed by atoms with E-state index in [4.69, 9.17) is 14.2 Å². The summed E-state index contributed by atoms with van der Waals surface area (Å²) in [4.78, 5) is 36.6. The number of nitrogens with one attached hydrogen (secondary N) is 1. The summed E-state index contributed by atoms with van der Waals surface area (Å²) in [6.07, 6.45) is 1.48. The smallest absolute Gasteiger partial charge is 0.496 e. The summed E-state index contributed by atoms with van der Waals surface area (Å²) in [6.45, 7) is 0.449. The molecule has 0 spiro atoms. The lowest BCUT2D eigenvalue weighted by Crippen LogP contribution is -2.44. The Hall–Kier alpha value is -3.92. The fourth-order valence-corrected chi connectivity index (χ4v) is 5.41. The van der Waals surface area contributed by atoms with Gasteiger partial charge in [0.2, 0.25) is 0 Å². The van der Waals surface area contributed by atoms with E-state index < -0.39 is 11.1 Å². The van der Waals surface area contributed by atoms with E-state index in [0.717, 1.165) is 12.8 Å². The van der Waals surface area contributed by atoms with Crippen molar-refractivity contribution in [1.82, 2.24) is 5.32 Å². The molecule has 1 aliphatic carbocycles. The fourth-order valence-electron chi connectivity index (χ4n) is 4.42. The standard InChI is InChI=1S/C26H26N2O7S/c1-33-22-6-3-2-5-21(22)24(29)27-17-26(23-7-4-16-36-23)14-12-20(13-15-26)35-25(30)34-19-10-8-18(9-11-19)28(31)32/h2-11,16,20H,12-15,17H2,1H3,(H,27,29). The minimum absolute atomic E-state index is 0.0919. The van der Waals surface area contributed by atoms with Crippen LogP contribution in [0.4, 0.5) is 10.5 Å². The Morgan fingerprint density at radius 2 is 1.81 bits per heavy atom. The van der Waals surface area contributed by atoms with Gasteiger partial charge in [0.05, 0.1) is 17.6 Å². The predicted molar refractivity (Wildman–Crippen MR) is 134 cm³/mol. The van der Waals surface area contributed by atoms with Crippen LogP contribution in [0.3, 0.4) is 0 Å².